The van der Waals surface area contributed by atoms with Gasteiger partial charge < -0.3 is 19.4 Å². The number of hydrogen-bond acceptors (Lipinski definition) is 4. The predicted octanol–water partition coefficient (Wildman–Crippen LogP) is 3.44. The third-order valence-corrected chi connectivity index (χ3v) is 5.22. The van der Waals surface area contributed by atoms with E-state index in [2.05, 4.69) is 16.4 Å². The molecule has 2 amide bonds. The van der Waals surface area contributed by atoms with Gasteiger partial charge in [-0.05, 0) is 48.5 Å². The zero-order chi connectivity index (χ0) is 22.7. The average Bonchev–Trinajstić information content (AvgIpc) is 3.35. The molecule has 0 atom stereocenters. The Hall–Kier alpha value is -4.38. The Morgan fingerprint density at radius 3 is 2.50 bits per heavy atom. The maximum atomic E-state index is 13.5. The molecule has 0 radical (unpaired) electrons. The van der Waals surface area contributed by atoms with Crippen molar-refractivity contribution in [1.29, 1.82) is 5.26 Å². The molecule has 0 saturated heterocycles. The molecule has 1 N–H and O–H groups in total. The fourth-order valence-electron chi connectivity index (χ4n) is 3.62. The van der Waals surface area contributed by atoms with E-state index in [1.54, 1.807) is 33.7 Å². The smallest absolute Gasteiger partial charge is 0.247 e. The van der Waals surface area contributed by atoms with Crippen LogP contribution in [-0.2, 0) is 29.7 Å². The number of nitrogens with zero attached hydrogens (tertiary/aromatic N) is 5. The molecular formula is C24H22N6O2. The van der Waals surface area contributed by atoms with E-state index in [4.69, 9.17) is 0 Å². The maximum Gasteiger partial charge on any atom is 0.247 e. The summed E-state index contributed by atoms with van der Waals surface area (Å²) in [6.45, 7) is 1.78. The molecule has 160 valence electrons. The van der Waals surface area contributed by atoms with Gasteiger partial charge in [0.1, 0.15) is 12.6 Å². The highest BCUT2D eigenvalue weighted by Crippen LogP contribution is 2.23. The average molecular weight is 426 g/mol. The van der Waals surface area contributed by atoms with Gasteiger partial charge in [0.25, 0.3) is 0 Å². The fourth-order valence-corrected chi connectivity index (χ4v) is 3.62. The summed E-state index contributed by atoms with van der Waals surface area (Å²) in [5.41, 5.74) is 3.70. The number of carbonyl (C=O) groups excluding carboxylic acids is 2. The summed E-state index contributed by atoms with van der Waals surface area (Å²) in [6.07, 6.45) is 1.93. The predicted molar refractivity (Wildman–Crippen MR) is 122 cm³/mol. The summed E-state index contributed by atoms with van der Waals surface area (Å²) in [5.74, 6) is -0.150. The minimum atomic E-state index is -0.182. The highest BCUT2D eigenvalue weighted by atomic mass is 16.2. The molecule has 8 nitrogen and oxygen atoms in total. The number of aryl methyl sites for hydroxylation is 1. The lowest BCUT2D eigenvalue weighted by Crippen LogP contribution is -2.34. The van der Waals surface area contributed by atoms with Gasteiger partial charge in [-0.25, -0.2) is 4.98 Å². The molecule has 2 aromatic carbocycles. The van der Waals surface area contributed by atoms with Crippen LogP contribution in [0.15, 0.2) is 66.9 Å². The second kappa shape index (κ2) is 8.78. The van der Waals surface area contributed by atoms with Crippen LogP contribution >= 0.6 is 0 Å². The zero-order valence-corrected chi connectivity index (χ0v) is 17.8. The Morgan fingerprint density at radius 1 is 1.09 bits per heavy atom. The Bertz CT molecular complexity index is 1330. The third-order valence-electron chi connectivity index (χ3n) is 5.22. The Labute approximate surface area is 185 Å². The summed E-state index contributed by atoms with van der Waals surface area (Å²) in [7, 11) is 1.93. The normalized spacial score (nSPS) is 10.7. The maximum absolute atomic E-state index is 13.5. The first-order valence-electron chi connectivity index (χ1n) is 10.1. The monoisotopic (exact) mass is 426 g/mol. The largest absolute Gasteiger partial charge is 0.353 e. The second-order valence-electron chi connectivity index (χ2n) is 7.44. The van der Waals surface area contributed by atoms with Crippen LogP contribution in [0.3, 0.4) is 0 Å². The number of benzene rings is 2. The number of aromatic nitrogens is 3. The zero-order valence-electron chi connectivity index (χ0n) is 17.8. The van der Waals surface area contributed by atoms with Gasteiger partial charge in [0.15, 0.2) is 0 Å². The number of carbonyl (C=O) groups is 2. The topological polar surface area (TPSA) is 96.0 Å². The lowest BCUT2D eigenvalue weighted by Gasteiger charge is -2.24. The first-order chi connectivity index (χ1) is 15.5. The first kappa shape index (κ1) is 20.9. The number of nitriles is 1. The molecular weight excluding hydrogens is 404 g/mol. The third kappa shape index (κ3) is 4.23. The summed E-state index contributed by atoms with van der Waals surface area (Å²) < 4.78 is 3.60. The number of nitrogens with one attached hydrogen (secondary N) is 1. The molecule has 2 aromatic heterocycles. The van der Waals surface area contributed by atoms with E-state index in [1.165, 1.54) is 6.92 Å². The van der Waals surface area contributed by atoms with Crippen LogP contribution in [-0.4, -0.2) is 25.9 Å². The van der Waals surface area contributed by atoms with Crippen LogP contribution in [0.2, 0.25) is 0 Å². The van der Waals surface area contributed by atoms with E-state index in [-0.39, 0.29) is 24.2 Å². The van der Waals surface area contributed by atoms with Gasteiger partial charge in [-0.3, -0.25) is 9.59 Å². The standard InChI is InChI=1S/C24H22N6O2/c1-17(31)26-18-9-11-19(12-10-18)29(15-20-6-5-13-28(20)2)24(32)16-30-22-8-4-3-7-21(22)27-23(30)14-25/h3-13H,15-16H2,1-2H3,(H,26,31). The molecule has 0 spiro atoms. The minimum Gasteiger partial charge on any atom is -0.353 e. The van der Waals surface area contributed by atoms with Crippen molar-refractivity contribution in [1.82, 2.24) is 14.1 Å². The van der Waals surface area contributed by atoms with Gasteiger partial charge >= 0.3 is 0 Å². The quantitative estimate of drug-likeness (QED) is 0.511. The van der Waals surface area contributed by atoms with Crippen molar-refractivity contribution in [2.75, 3.05) is 10.2 Å². The Kier molecular flexibility index (Phi) is 5.73. The number of rotatable bonds is 6. The van der Waals surface area contributed by atoms with E-state index in [1.807, 2.05) is 54.2 Å². The molecule has 0 bridgehead atoms. The van der Waals surface area contributed by atoms with Crippen molar-refractivity contribution in [3.05, 3.63) is 78.4 Å². The number of imidazole rings is 1. The summed E-state index contributed by atoms with van der Waals surface area (Å²) >= 11 is 0. The molecule has 8 heteroatoms. The van der Waals surface area contributed by atoms with Gasteiger partial charge in [-0.1, -0.05) is 12.1 Å². The van der Waals surface area contributed by atoms with Gasteiger partial charge in [0, 0.05) is 37.2 Å². The first-order valence-corrected chi connectivity index (χ1v) is 10.1. The van der Waals surface area contributed by atoms with E-state index < -0.39 is 0 Å². The van der Waals surface area contributed by atoms with Gasteiger partial charge in [0.2, 0.25) is 17.6 Å². The highest BCUT2D eigenvalue weighted by Gasteiger charge is 2.21. The molecule has 32 heavy (non-hydrogen) atoms. The van der Waals surface area contributed by atoms with Crippen LogP contribution in [0.25, 0.3) is 11.0 Å². The number of para-hydroxylation sites is 2. The molecule has 4 rings (SSSR count). The summed E-state index contributed by atoms with van der Waals surface area (Å²) in [5, 5.41) is 12.3. The molecule has 0 aliphatic rings. The van der Waals surface area contributed by atoms with E-state index in [0.717, 1.165) is 11.2 Å². The number of anilines is 2. The van der Waals surface area contributed by atoms with Crippen LogP contribution in [0.5, 0.6) is 0 Å². The van der Waals surface area contributed by atoms with Crippen molar-refractivity contribution >= 4 is 34.2 Å². The Morgan fingerprint density at radius 2 is 1.84 bits per heavy atom. The lowest BCUT2D eigenvalue weighted by atomic mass is 10.2. The number of fused-ring (bicyclic) bond motifs is 1. The minimum absolute atomic E-state index is 0.0265. The molecule has 0 unspecified atom stereocenters. The molecule has 0 fully saturated rings. The summed E-state index contributed by atoms with van der Waals surface area (Å²) in [6, 6.07) is 20.4. The highest BCUT2D eigenvalue weighted by molar-refractivity contribution is 5.95. The molecule has 2 heterocycles. The molecule has 0 saturated carbocycles. The SMILES string of the molecule is CC(=O)Nc1ccc(N(Cc2cccn2C)C(=O)Cn2c(C#N)nc3ccccc32)cc1. The van der Waals surface area contributed by atoms with E-state index in [0.29, 0.717) is 23.4 Å². The van der Waals surface area contributed by atoms with E-state index in [9.17, 15) is 14.9 Å². The van der Waals surface area contributed by atoms with E-state index >= 15 is 0 Å². The van der Waals surface area contributed by atoms with Crippen LogP contribution in [0, 0.1) is 11.3 Å². The molecule has 0 aliphatic carbocycles. The Balaban J connectivity index is 1.68. The number of hydrogen-bond donors (Lipinski definition) is 1. The van der Waals surface area contributed by atoms with Crippen molar-refractivity contribution in [3.63, 3.8) is 0 Å². The van der Waals surface area contributed by atoms with Crippen LogP contribution in [0.4, 0.5) is 11.4 Å². The van der Waals surface area contributed by atoms with Crippen LogP contribution < -0.4 is 10.2 Å². The van der Waals surface area contributed by atoms with Gasteiger partial charge in [0.05, 0.1) is 17.6 Å². The van der Waals surface area contributed by atoms with Gasteiger partial charge in [-0.2, -0.15) is 5.26 Å². The lowest BCUT2D eigenvalue weighted by molar-refractivity contribution is -0.119. The fraction of sp³-hybridized carbons (Fsp3) is 0.167. The van der Waals surface area contributed by atoms with Crippen molar-refractivity contribution in [2.24, 2.45) is 7.05 Å². The van der Waals surface area contributed by atoms with Crippen molar-refractivity contribution in [3.8, 4) is 6.07 Å². The van der Waals surface area contributed by atoms with Gasteiger partial charge in [-0.15, -0.1) is 0 Å². The van der Waals surface area contributed by atoms with Crippen LogP contribution in [0.1, 0.15) is 18.4 Å². The second-order valence-corrected chi connectivity index (χ2v) is 7.44. The van der Waals surface area contributed by atoms with Crippen molar-refractivity contribution in [2.45, 2.75) is 20.0 Å². The molecule has 0 aliphatic heterocycles. The van der Waals surface area contributed by atoms with Crippen molar-refractivity contribution < 1.29 is 9.59 Å². The molecule has 4 aromatic rings. The summed E-state index contributed by atoms with van der Waals surface area (Å²) in [4.78, 5) is 30.8. The number of amides is 2.